The number of anilines is 2. The Balaban J connectivity index is 2.48. The zero-order valence-corrected chi connectivity index (χ0v) is 14.7. The van der Waals surface area contributed by atoms with Crippen LogP contribution in [0.15, 0.2) is 39.7 Å². The zero-order valence-electron chi connectivity index (χ0n) is 10.8. The third-order valence-electron chi connectivity index (χ3n) is 2.74. The fourth-order valence-corrected chi connectivity index (χ4v) is 4.40. The molecule has 0 fully saturated rings. The van der Waals surface area contributed by atoms with Gasteiger partial charge in [0.2, 0.25) is 0 Å². The Morgan fingerprint density at radius 3 is 2.43 bits per heavy atom. The van der Waals surface area contributed by atoms with Gasteiger partial charge in [-0.3, -0.25) is 4.72 Å². The van der Waals surface area contributed by atoms with Crippen molar-refractivity contribution in [1.82, 2.24) is 0 Å². The first kappa shape index (κ1) is 16.4. The number of halogens is 3. The van der Waals surface area contributed by atoms with Crippen LogP contribution in [0, 0.1) is 6.92 Å². The molecule has 0 unspecified atom stereocenters. The largest absolute Gasteiger partial charge is 0.398 e. The summed E-state index contributed by atoms with van der Waals surface area (Å²) >= 11 is 15.1. The molecule has 2 aromatic carbocycles. The van der Waals surface area contributed by atoms with Gasteiger partial charge in [0.25, 0.3) is 10.0 Å². The molecule has 0 atom stereocenters. The van der Waals surface area contributed by atoms with Crippen molar-refractivity contribution in [2.24, 2.45) is 0 Å². The molecule has 0 saturated carbocycles. The Bertz CT molecular complexity index is 787. The van der Waals surface area contributed by atoms with Crippen molar-refractivity contribution in [3.8, 4) is 0 Å². The van der Waals surface area contributed by atoms with Crippen LogP contribution < -0.4 is 10.5 Å². The number of sulfonamides is 1. The minimum atomic E-state index is -3.91. The van der Waals surface area contributed by atoms with Crippen LogP contribution in [-0.4, -0.2) is 8.42 Å². The number of nitrogen functional groups attached to an aromatic ring is 1. The summed E-state index contributed by atoms with van der Waals surface area (Å²) in [6, 6.07) is 7.86. The summed E-state index contributed by atoms with van der Waals surface area (Å²) in [4.78, 5) is -0.184. The highest BCUT2D eigenvalue weighted by molar-refractivity contribution is 9.10. The predicted molar refractivity (Wildman–Crippen MR) is 90.6 cm³/mol. The third-order valence-corrected chi connectivity index (χ3v) is 5.34. The van der Waals surface area contributed by atoms with E-state index in [4.69, 9.17) is 28.9 Å². The first-order valence-corrected chi connectivity index (χ1v) is 8.77. The highest BCUT2D eigenvalue weighted by atomic mass is 79.9. The molecule has 2 aromatic rings. The van der Waals surface area contributed by atoms with Crippen LogP contribution in [-0.2, 0) is 10.0 Å². The molecule has 0 aliphatic rings. The van der Waals surface area contributed by atoms with E-state index in [0.29, 0.717) is 5.69 Å². The van der Waals surface area contributed by atoms with Crippen LogP contribution in [0.5, 0.6) is 0 Å². The van der Waals surface area contributed by atoms with Crippen molar-refractivity contribution in [3.05, 3.63) is 50.4 Å². The van der Waals surface area contributed by atoms with Gasteiger partial charge >= 0.3 is 0 Å². The van der Waals surface area contributed by atoms with E-state index in [1.54, 1.807) is 25.1 Å². The summed E-state index contributed by atoms with van der Waals surface area (Å²) in [6.07, 6.45) is 0. The summed E-state index contributed by atoms with van der Waals surface area (Å²) in [5.74, 6) is 0. The molecule has 8 heteroatoms. The van der Waals surface area contributed by atoms with E-state index in [1.807, 2.05) is 0 Å². The van der Waals surface area contributed by atoms with Gasteiger partial charge in [0.1, 0.15) is 4.90 Å². The Kier molecular flexibility index (Phi) is 4.72. The Hall–Kier alpha value is -0.950. The summed E-state index contributed by atoms with van der Waals surface area (Å²) < 4.78 is 28.3. The molecule has 112 valence electrons. The smallest absolute Gasteiger partial charge is 0.265 e. The lowest BCUT2D eigenvalue weighted by Gasteiger charge is -2.14. The van der Waals surface area contributed by atoms with E-state index in [0.717, 1.165) is 10.0 Å². The lowest BCUT2D eigenvalue weighted by atomic mass is 10.2. The average Bonchev–Trinajstić information content (AvgIpc) is 2.30. The fraction of sp³-hybridized carbons (Fsp3) is 0.0769. The number of hydrogen-bond acceptors (Lipinski definition) is 3. The number of aryl methyl sites for hydroxylation is 1. The average molecular weight is 410 g/mol. The monoisotopic (exact) mass is 408 g/mol. The molecule has 0 bridgehead atoms. The topological polar surface area (TPSA) is 72.2 Å². The molecule has 3 N–H and O–H groups in total. The van der Waals surface area contributed by atoms with Gasteiger partial charge in [-0.05, 0) is 42.8 Å². The Morgan fingerprint density at radius 1 is 1.19 bits per heavy atom. The van der Waals surface area contributed by atoms with Crippen molar-refractivity contribution in [1.29, 1.82) is 0 Å². The molecular weight excluding hydrogens is 399 g/mol. The normalized spacial score (nSPS) is 11.4. The quantitative estimate of drug-likeness (QED) is 0.735. The lowest BCUT2D eigenvalue weighted by molar-refractivity contribution is 0.601. The van der Waals surface area contributed by atoms with Crippen molar-refractivity contribution in [2.75, 3.05) is 10.5 Å². The SMILES string of the molecule is Cc1cc(Br)ccc1NS(=O)(=O)c1c(N)cc(Cl)cc1Cl. The Morgan fingerprint density at radius 2 is 1.86 bits per heavy atom. The van der Waals surface area contributed by atoms with Crippen molar-refractivity contribution in [2.45, 2.75) is 11.8 Å². The summed E-state index contributed by atoms with van der Waals surface area (Å²) in [5, 5.41) is 0.249. The lowest BCUT2D eigenvalue weighted by Crippen LogP contribution is -2.16. The minimum absolute atomic E-state index is 0.00485. The van der Waals surface area contributed by atoms with Gasteiger partial charge in [0, 0.05) is 9.50 Å². The van der Waals surface area contributed by atoms with Crippen LogP contribution in [0.1, 0.15) is 5.56 Å². The van der Waals surface area contributed by atoms with Crippen molar-refractivity contribution in [3.63, 3.8) is 0 Å². The second-order valence-corrected chi connectivity index (χ2v) is 7.75. The zero-order chi connectivity index (χ0) is 15.8. The fourth-order valence-electron chi connectivity index (χ4n) is 1.80. The van der Waals surface area contributed by atoms with Crippen LogP contribution in [0.2, 0.25) is 10.0 Å². The molecule has 0 aliphatic heterocycles. The highest BCUT2D eigenvalue weighted by Crippen LogP contribution is 2.33. The van der Waals surface area contributed by atoms with Gasteiger partial charge in [0.05, 0.1) is 16.4 Å². The molecule has 0 radical (unpaired) electrons. The molecule has 0 aliphatic carbocycles. The first-order chi connectivity index (χ1) is 9.70. The van der Waals surface area contributed by atoms with E-state index in [2.05, 4.69) is 20.7 Å². The van der Waals surface area contributed by atoms with Crippen LogP contribution >= 0.6 is 39.1 Å². The van der Waals surface area contributed by atoms with Gasteiger partial charge in [0.15, 0.2) is 0 Å². The molecule has 0 amide bonds. The summed E-state index contributed by atoms with van der Waals surface area (Å²) in [6.45, 7) is 1.79. The molecular formula is C13H11BrCl2N2O2S. The first-order valence-electron chi connectivity index (χ1n) is 5.74. The van der Waals surface area contributed by atoms with E-state index in [1.165, 1.54) is 12.1 Å². The highest BCUT2D eigenvalue weighted by Gasteiger charge is 2.22. The maximum atomic E-state index is 12.5. The predicted octanol–water partition coefficient (Wildman–Crippen LogP) is 4.45. The van der Waals surface area contributed by atoms with Crippen molar-refractivity contribution < 1.29 is 8.42 Å². The number of benzene rings is 2. The minimum Gasteiger partial charge on any atom is -0.398 e. The second-order valence-electron chi connectivity index (χ2n) is 4.37. The van der Waals surface area contributed by atoms with Crippen molar-refractivity contribution >= 4 is 60.5 Å². The van der Waals surface area contributed by atoms with Gasteiger partial charge in [-0.25, -0.2) is 8.42 Å². The molecule has 4 nitrogen and oxygen atoms in total. The van der Waals surface area contributed by atoms with Gasteiger partial charge in [-0.2, -0.15) is 0 Å². The van der Waals surface area contributed by atoms with E-state index in [-0.39, 0.29) is 20.6 Å². The van der Waals surface area contributed by atoms with Gasteiger partial charge in [-0.1, -0.05) is 39.1 Å². The van der Waals surface area contributed by atoms with Gasteiger partial charge < -0.3 is 5.73 Å². The molecule has 0 saturated heterocycles. The van der Waals surface area contributed by atoms with Crippen LogP contribution in [0.25, 0.3) is 0 Å². The number of nitrogens with two attached hydrogens (primary N) is 1. The van der Waals surface area contributed by atoms with E-state index >= 15 is 0 Å². The molecule has 2 rings (SSSR count). The summed E-state index contributed by atoms with van der Waals surface area (Å²) in [7, 11) is -3.91. The molecule has 0 aromatic heterocycles. The molecule has 21 heavy (non-hydrogen) atoms. The molecule has 0 heterocycles. The van der Waals surface area contributed by atoms with E-state index in [9.17, 15) is 8.42 Å². The van der Waals surface area contributed by atoms with E-state index < -0.39 is 10.0 Å². The second kappa shape index (κ2) is 6.04. The molecule has 0 spiro atoms. The third kappa shape index (κ3) is 3.63. The summed E-state index contributed by atoms with van der Waals surface area (Å²) in [5.41, 5.74) is 6.93. The van der Waals surface area contributed by atoms with Gasteiger partial charge in [-0.15, -0.1) is 0 Å². The van der Waals surface area contributed by atoms with Crippen LogP contribution in [0.3, 0.4) is 0 Å². The maximum Gasteiger partial charge on any atom is 0.265 e. The standard InChI is InChI=1S/C13H11BrCl2N2O2S/c1-7-4-8(14)2-3-12(7)18-21(19,20)13-10(16)5-9(15)6-11(13)17/h2-6,18H,17H2,1H3. The number of rotatable bonds is 3. The maximum absolute atomic E-state index is 12.5. The number of nitrogens with one attached hydrogen (secondary N) is 1. The Labute approximate surface area is 141 Å². The van der Waals surface area contributed by atoms with Crippen LogP contribution in [0.4, 0.5) is 11.4 Å². The number of hydrogen-bond donors (Lipinski definition) is 2.